The van der Waals surface area contributed by atoms with Crippen LogP contribution in [0, 0.1) is 41.1 Å². The second kappa shape index (κ2) is 9.65. The van der Waals surface area contributed by atoms with Gasteiger partial charge in [-0.2, -0.15) is 8.78 Å². The lowest BCUT2D eigenvalue weighted by molar-refractivity contribution is -0.224. The minimum atomic E-state index is -3.53. The number of unbranched alkanes of at least 4 members (excludes halogenated alkanes) is 1. The molecule has 3 rings (SSSR count). The summed E-state index contributed by atoms with van der Waals surface area (Å²) in [6.07, 6.45) is 7.35. The van der Waals surface area contributed by atoms with Gasteiger partial charge in [-0.3, -0.25) is 0 Å². The fourth-order valence-electron chi connectivity index (χ4n) is 5.20. The van der Waals surface area contributed by atoms with Crippen molar-refractivity contribution in [2.24, 2.45) is 23.7 Å². The summed E-state index contributed by atoms with van der Waals surface area (Å²) in [7, 11) is 0. The summed E-state index contributed by atoms with van der Waals surface area (Å²) in [5.41, 5.74) is 0. The number of hydrogen-bond donors (Lipinski definition) is 0. The van der Waals surface area contributed by atoms with Crippen LogP contribution in [0.15, 0.2) is 12.1 Å². The molecule has 0 spiro atoms. The summed E-state index contributed by atoms with van der Waals surface area (Å²) in [6.45, 7) is 2.21. The first-order chi connectivity index (χ1) is 13.8. The first-order valence-corrected chi connectivity index (χ1v) is 11.0. The molecule has 0 bridgehead atoms. The largest absolute Gasteiger partial charge is 0.432 e. The third-order valence-corrected chi connectivity index (χ3v) is 6.98. The summed E-state index contributed by atoms with van der Waals surface area (Å²) in [4.78, 5) is 0. The Balaban J connectivity index is 1.49. The van der Waals surface area contributed by atoms with E-state index in [2.05, 4.69) is 11.7 Å². The number of benzene rings is 1. The van der Waals surface area contributed by atoms with Crippen LogP contribution in [-0.4, -0.2) is 6.11 Å². The van der Waals surface area contributed by atoms with Crippen molar-refractivity contribution in [3.63, 3.8) is 0 Å². The lowest BCUT2D eigenvalue weighted by Gasteiger charge is -2.39. The van der Waals surface area contributed by atoms with E-state index in [1.54, 1.807) is 0 Å². The van der Waals surface area contributed by atoms with E-state index in [-0.39, 0.29) is 0 Å². The molecule has 0 N–H and O–H groups in total. The van der Waals surface area contributed by atoms with E-state index < -0.39 is 35.2 Å². The SMILES string of the molecule is CCCCC1CCC(C2CCC(C(F)(F)Oc3cc(F)c(F)c(F)c3)CC2)CC1. The van der Waals surface area contributed by atoms with Gasteiger partial charge in [-0.05, 0) is 56.3 Å². The van der Waals surface area contributed by atoms with E-state index >= 15 is 0 Å². The number of alkyl halides is 2. The molecule has 0 amide bonds. The molecule has 0 atom stereocenters. The first-order valence-electron chi connectivity index (χ1n) is 11.0. The molecular formula is C23H31F5O. The van der Waals surface area contributed by atoms with Crippen molar-refractivity contribution in [2.75, 3.05) is 0 Å². The smallest absolute Gasteiger partial charge is 0.400 e. The van der Waals surface area contributed by atoms with Gasteiger partial charge in [0.1, 0.15) is 5.75 Å². The molecule has 29 heavy (non-hydrogen) atoms. The predicted molar refractivity (Wildman–Crippen MR) is 102 cm³/mol. The quantitative estimate of drug-likeness (QED) is 0.323. The summed E-state index contributed by atoms with van der Waals surface area (Å²) < 4.78 is 73.2. The highest BCUT2D eigenvalue weighted by Gasteiger charge is 2.45. The molecule has 2 fully saturated rings. The van der Waals surface area contributed by atoms with Crippen LogP contribution in [0.4, 0.5) is 22.0 Å². The Morgan fingerprint density at radius 1 is 0.862 bits per heavy atom. The molecule has 1 aromatic rings. The molecule has 164 valence electrons. The van der Waals surface area contributed by atoms with Crippen molar-refractivity contribution in [3.05, 3.63) is 29.6 Å². The molecule has 1 aromatic carbocycles. The topological polar surface area (TPSA) is 9.23 Å². The van der Waals surface area contributed by atoms with Crippen LogP contribution in [0.1, 0.15) is 77.6 Å². The van der Waals surface area contributed by atoms with Gasteiger partial charge in [0.25, 0.3) is 0 Å². The number of ether oxygens (including phenoxy) is 1. The maximum Gasteiger partial charge on any atom is 0.400 e. The zero-order valence-corrected chi connectivity index (χ0v) is 17.0. The predicted octanol–water partition coefficient (Wildman–Crippen LogP) is 7.88. The molecule has 0 saturated heterocycles. The molecule has 0 radical (unpaired) electrons. The molecule has 1 nitrogen and oxygen atoms in total. The lowest BCUT2D eigenvalue weighted by Crippen LogP contribution is -2.38. The normalized spacial score (nSPS) is 28.3. The Labute approximate surface area is 170 Å². The maximum absolute atomic E-state index is 14.5. The standard InChI is InChI=1S/C23H31F5O/c1-2-3-4-15-5-7-16(8-6-15)17-9-11-18(12-10-17)23(27,28)29-19-13-20(24)22(26)21(25)14-19/h13-18H,2-12H2,1H3. The van der Waals surface area contributed by atoms with Crippen LogP contribution in [0.3, 0.4) is 0 Å². The highest BCUT2D eigenvalue weighted by molar-refractivity contribution is 5.25. The molecule has 6 heteroatoms. The molecule has 2 saturated carbocycles. The molecule has 2 aliphatic carbocycles. The maximum atomic E-state index is 14.5. The van der Waals surface area contributed by atoms with Gasteiger partial charge in [0.15, 0.2) is 17.5 Å². The van der Waals surface area contributed by atoms with Gasteiger partial charge >= 0.3 is 6.11 Å². The van der Waals surface area contributed by atoms with Gasteiger partial charge in [-0.1, -0.05) is 39.0 Å². The molecule has 0 unspecified atom stereocenters. The minimum Gasteiger partial charge on any atom is -0.432 e. The molecule has 0 aromatic heterocycles. The number of halogens is 5. The Kier molecular flexibility index (Phi) is 7.44. The third-order valence-electron chi connectivity index (χ3n) is 6.98. The van der Waals surface area contributed by atoms with Crippen LogP contribution in [0.2, 0.25) is 0 Å². The van der Waals surface area contributed by atoms with Gasteiger partial charge in [0, 0.05) is 12.1 Å². The second-order valence-corrected chi connectivity index (χ2v) is 8.90. The van der Waals surface area contributed by atoms with E-state index in [9.17, 15) is 22.0 Å². The van der Waals surface area contributed by atoms with Gasteiger partial charge in [0.05, 0.1) is 5.92 Å². The minimum absolute atomic E-state index is 0.333. The van der Waals surface area contributed by atoms with Crippen LogP contribution in [0.25, 0.3) is 0 Å². The third kappa shape index (κ3) is 5.64. The summed E-state index contributed by atoms with van der Waals surface area (Å²) in [5, 5.41) is 0. The molecule has 2 aliphatic rings. The van der Waals surface area contributed by atoms with E-state index in [0.29, 0.717) is 36.8 Å². The first kappa shape index (κ1) is 22.4. The van der Waals surface area contributed by atoms with Crippen molar-refractivity contribution in [3.8, 4) is 5.75 Å². The number of rotatable bonds is 7. The van der Waals surface area contributed by atoms with E-state index in [0.717, 1.165) is 18.8 Å². The van der Waals surface area contributed by atoms with Crippen LogP contribution >= 0.6 is 0 Å². The van der Waals surface area contributed by atoms with Crippen molar-refractivity contribution < 1.29 is 26.7 Å². The lowest BCUT2D eigenvalue weighted by atomic mass is 9.68. The Morgan fingerprint density at radius 3 is 1.90 bits per heavy atom. The van der Waals surface area contributed by atoms with Crippen molar-refractivity contribution in [2.45, 2.75) is 83.7 Å². The zero-order valence-electron chi connectivity index (χ0n) is 17.0. The second-order valence-electron chi connectivity index (χ2n) is 8.90. The Hall–Kier alpha value is -1.33. The average molecular weight is 418 g/mol. The number of hydrogen-bond acceptors (Lipinski definition) is 1. The van der Waals surface area contributed by atoms with Crippen LogP contribution in [0.5, 0.6) is 5.75 Å². The van der Waals surface area contributed by atoms with Crippen molar-refractivity contribution in [1.82, 2.24) is 0 Å². The van der Waals surface area contributed by atoms with E-state index in [1.807, 2.05) is 0 Å². The van der Waals surface area contributed by atoms with E-state index in [1.165, 1.54) is 44.9 Å². The van der Waals surface area contributed by atoms with Crippen molar-refractivity contribution >= 4 is 0 Å². The van der Waals surface area contributed by atoms with Gasteiger partial charge in [-0.15, -0.1) is 0 Å². The average Bonchev–Trinajstić information content (AvgIpc) is 2.70. The van der Waals surface area contributed by atoms with Crippen molar-refractivity contribution in [1.29, 1.82) is 0 Å². The summed E-state index contributed by atoms with van der Waals surface area (Å²) in [5.74, 6) is -4.49. The highest BCUT2D eigenvalue weighted by Crippen LogP contribution is 2.46. The van der Waals surface area contributed by atoms with Gasteiger partial charge in [-0.25, -0.2) is 13.2 Å². The molecule has 0 heterocycles. The fourth-order valence-corrected chi connectivity index (χ4v) is 5.20. The van der Waals surface area contributed by atoms with Crippen LogP contribution < -0.4 is 4.74 Å². The Bertz CT molecular complexity index is 638. The van der Waals surface area contributed by atoms with Crippen LogP contribution in [-0.2, 0) is 0 Å². The van der Waals surface area contributed by atoms with E-state index in [4.69, 9.17) is 0 Å². The zero-order chi connectivity index (χ0) is 21.0. The van der Waals surface area contributed by atoms with Gasteiger partial charge < -0.3 is 4.74 Å². The molecule has 0 aliphatic heterocycles. The van der Waals surface area contributed by atoms with Gasteiger partial charge in [0.2, 0.25) is 0 Å². The fraction of sp³-hybridized carbons (Fsp3) is 0.739. The Morgan fingerprint density at radius 2 is 1.38 bits per heavy atom. The summed E-state index contributed by atoms with van der Waals surface area (Å²) >= 11 is 0. The highest BCUT2D eigenvalue weighted by atomic mass is 19.3. The molecular weight excluding hydrogens is 387 g/mol. The summed E-state index contributed by atoms with van der Waals surface area (Å²) in [6, 6.07) is 0.934. The monoisotopic (exact) mass is 418 g/mol.